The number of guanidine groups is 1. The van der Waals surface area contributed by atoms with Crippen molar-refractivity contribution in [2.75, 3.05) is 41.4 Å². The summed E-state index contributed by atoms with van der Waals surface area (Å²) in [6, 6.07) is 5.84. The maximum atomic E-state index is 11.5. The van der Waals surface area contributed by atoms with E-state index >= 15 is 0 Å². The number of nitrogens with one attached hydrogen (secondary N) is 2. The lowest BCUT2D eigenvalue weighted by Crippen LogP contribution is -2.45. The first-order valence-electron chi connectivity index (χ1n) is 8.99. The summed E-state index contributed by atoms with van der Waals surface area (Å²) in [6.45, 7) is 2.40. The van der Waals surface area contributed by atoms with E-state index in [2.05, 4.69) is 20.5 Å². The third kappa shape index (κ3) is 6.44. The minimum atomic E-state index is 0. The van der Waals surface area contributed by atoms with E-state index in [0.717, 1.165) is 49.0 Å². The fraction of sp³-hybridized carbons (Fsp3) is 0.579. The SMILES string of the molecule is CN=C(NCc1cccc(OC)c1OC)N1CCC(CC(=O)NC)CC1.I. The molecule has 152 valence electrons. The van der Waals surface area contributed by atoms with Gasteiger partial charge in [0.2, 0.25) is 5.91 Å². The minimum Gasteiger partial charge on any atom is -0.493 e. The zero-order valence-electron chi connectivity index (χ0n) is 16.6. The van der Waals surface area contributed by atoms with E-state index in [-0.39, 0.29) is 29.9 Å². The quantitative estimate of drug-likeness (QED) is 0.364. The number of nitrogens with zero attached hydrogens (tertiary/aromatic N) is 2. The topological polar surface area (TPSA) is 75.2 Å². The van der Waals surface area contributed by atoms with Crippen molar-refractivity contribution in [2.45, 2.75) is 25.8 Å². The largest absolute Gasteiger partial charge is 0.493 e. The van der Waals surface area contributed by atoms with Crippen molar-refractivity contribution in [2.24, 2.45) is 10.9 Å². The number of hydrogen-bond donors (Lipinski definition) is 2. The van der Waals surface area contributed by atoms with Crippen LogP contribution in [0.15, 0.2) is 23.2 Å². The van der Waals surface area contributed by atoms with Gasteiger partial charge in [-0.15, -0.1) is 24.0 Å². The number of methoxy groups -OCH3 is 2. The normalized spacial score (nSPS) is 15.0. The van der Waals surface area contributed by atoms with Gasteiger partial charge in [0.25, 0.3) is 0 Å². The maximum Gasteiger partial charge on any atom is 0.220 e. The molecule has 2 N–H and O–H groups in total. The molecule has 1 heterocycles. The Morgan fingerprint density at radius 2 is 1.96 bits per heavy atom. The summed E-state index contributed by atoms with van der Waals surface area (Å²) >= 11 is 0. The molecule has 1 aliphatic heterocycles. The summed E-state index contributed by atoms with van der Waals surface area (Å²) in [5, 5.41) is 6.11. The summed E-state index contributed by atoms with van der Waals surface area (Å²) in [7, 11) is 6.77. The van der Waals surface area contributed by atoms with Crippen molar-refractivity contribution in [1.29, 1.82) is 0 Å². The summed E-state index contributed by atoms with van der Waals surface area (Å²) < 4.78 is 10.8. The molecule has 0 spiro atoms. The van der Waals surface area contributed by atoms with Gasteiger partial charge in [-0.2, -0.15) is 0 Å². The van der Waals surface area contributed by atoms with Gasteiger partial charge < -0.3 is 25.0 Å². The number of benzene rings is 1. The first-order chi connectivity index (χ1) is 12.6. The molecular formula is C19H31IN4O3. The second-order valence-corrected chi connectivity index (χ2v) is 6.36. The second kappa shape index (κ2) is 11.9. The number of carbonyl (C=O) groups is 1. The van der Waals surface area contributed by atoms with Gasteiger partial charge in [-0.3, -0.25) is 9.79 Å². The highest BCUT2D eigenvalue weighted by Crippen LogP contribution is 2.30. The molecular weight excluding hydrogens is 459 g/mol. The van der Waals surface area contributed by atoms with Crippen molar-refractivity contribution in [3.8, 4) is 11.5 Å². The predicted octanol–water partition coefficient (Wildman–Crippen LogP) is 2.25. The first-order valence-corrected chi connectivity index (χ1v) is 8.99. The summed E-state index contributed by atoms with van der Waals surface area (Å²) in [4.78, 5) is 18.2. The summed E-state index contributed by atoms with van der Waals surface area (Å²) in [5.41, 5.74) is 1.02. The Bertz CT molecular complexity index is 631. The van der Waals surface area contributed by atoms with Gasteiger partial charge in [-0.25, -0.2) is 0 Å². The van der Waals surface area contributed by atoms with Gasteiger partial charge in [-0.1, -0.05) is 12.1 Å². The standard InChI is InChI=1S/C19H30N4O3.HI/c1-20-17(24)12-14-8-10-23(11-9-14)19(21-2)22-13-15-6-5-7-16(25-3)18(15)26-4;/h5-7,14H,8-13H2,1-4H3,(H,20,24)(H,21,22);1H. The van der Waals surface area contributed by atoms with Crippen molar-refractivity contribution >= 4 is 35.8 Å². The number of carbonyl (C=O) groups excluding carboxylic acids is 1. The van der Waals surface area contributed by atoms with Gasteiger partial charge in [0, 0.05) is 45.7 Å². The maximum absolute atomic E-state index is 11.5. The summed E-state index contributed by atoms with van der Waals surface area (Å²) in [6.07, 6.45) is 2.60. The lowest BCUT2D eigenvalue weighted by Gasteiger charge is -2.34. The smallest absolute Gasteiger partial charge is 0.220 e. The van der Waals surface area contributed by atoms with Crippen LogP contribution < -0.4 is 20.1 Å². The van der Waals surface area contributed by atoms with Crippen LogP contribution in [0.3, 0.4) is 0 Å². The van der Waals surface area contributed by atoms with Crippen LogP contribution in [0.2, 0.25) is 0 Å². The number of rotatable bonds is 6. The lowest BCUT2D eigenvalue weighted by molar-refractivity contribution is -0.121. The van der Waals surface area contributed by atoms with E-state index in [0.29, 0.717) is 18.9 Å². The number of likely N-dealkylation sites (tertiary alicyclic amines) is 1. The third-order valence-corrected chi connectivity index (χ3v) is 4.80. The molecule has 0 unspecified atom stereocenters. The Hall–Kier alpha value is -1.71. The van der Waals surface area contributed by atoms with Gasteiger partial charge in [0.05, 0.1) is 14.2 Å². The molecule has 0 radical (unpaired) electrons. The molecule has 1 aromatic rings. The van der Waals surface area contributed by atoms with Crippen molar-refractivity contribution in [3.05, 3.63) is 23.8 Å². The molecule has 0 aromatic heterocycles. The molecule has 1 saturated heterocycles. The van der Waals surface area contributed by atoms with Crippen LogP contribution in [-0.2, 0) is 11.3 Å². The molecule has 0 saturated carbocycles. The molecule has 0 bridgehead atoms. The highest BCUT2D eigenvalue weighted by atomic mass is 127. The van der Waals surface area contributed by atoms with Crippen molar-refractivity contribution < 1.29 is 14.3 Å². The van der Waals surface area contributed by atoms with E-state index < -0.39 is 0 Å². The number of ether oxygens (including phenoxy) is 2. The van der Waals surface area contributed by atoms with Crippen LogP contribution in [0.5, 0.6) is 11.5 Å². The van der Waals surface area contributed by atoms with E-state index in [1.807, 2.05) is 18.2 Å². The fourth-order valence-electron chi connectivity index (χ4n) is 3.31. The van der Waals surface area contributed by atoms with E-state index in [1.54, 1.807) is 28.3 Å². The van der Waals surface area contributed by atoms with Crippen LogP contribution in [0.1, 0.15) is 24.8 Å². The Morgan fingerprint density at radius 1 is 1.26 bits per heavy atom. The predicted molar refractivity (Wildman–Crippen MR) is 118 cm³/mol. The van der Waals surface area contributed by atoms with Crippen molar-refractivity contribution in [3.63, 3.8) is 0 Å². The molecule has 8 heteroatoms. The van der Waals surface area contributed by atoms with E-state index in [4.69, 9.17) is 9.47 Å². The second-order valence-electron chi connectivity index (χ2n) is 6.36. The van der Waals surface area contributed by atoms with Gasteiger partial charge in [0.15, 0.2) is 17.5 Å². The average molecular weight is 490 g/mol. The molecule has 1 aliphatic rings. The number of para-hydroxylation sites is 1. The number of halogens is 1. The van der Waals surface area contributed by atoms with Crippen LogP contribution in [0.25, 0.3) is 0 Å². The molecule has 1 aromatic carbocycles. The molecule has 1 fully saturated rings. The summed E-state index contributed by atoms with van der Waals surface area (Å²) in [5.74, 6) is 2.89. The molecule has 7 nitrogen and oxygen atoms in total. The Labute approximate surface area is 178 Å². The van der Waals surface area contributed by atoms with Gasteiger partial charge in [0.1, 0.15) is 0 Å². The van der Waals surface area contributed by atoms with Gasteiger partial charge in [-0.05, 0) is 24.8 Å². The zero-order valence-corrected chi connectivity index (χ0v) is 18.9. The molecule has 2 rings (SSSR count). The van der Waals surface area contributed by atoms with Crippen molar-refractivity contribution in [1.82, 2.24) is 15.5 Å². The van der Waals surface area contributed by atoms with Crippen LogP contribution in [0.4, 0.5) is 0 Å². The number of piperidine rings is 1. The van der Waals surface area contributed by atoms with Crippen LogP contribution >= 0.6 is 24.0 Å². The first kappa shape index (κ1) is 23.3. The van der Waals surface area contributed by atoms with E-state index in [9.17, 15) is 4.79 Å². The monoisotopic (exact) mass is 490 g/mol. The molecule has 0 aliphatic carbocycles. The van der Waals surface area contributed by atoms with Crippen LogP contribution in [0, 0.1) is 5.92 Å². The average Bonchev–Trinajstić information content (AvgIpc) is 2.69. The molecule has 27 heavy (non-hydrogen) atoms. The highest BCUT2D eigenvalue weighted by Gasteiger charge is 2.23. The Morgan fingerprint density at radius 3 is 2.52 bits per heavy atom. The Balaban J connectivity index is 0.00000364. The zero-order chi connectivity index (χ0) is 18.9. The highest BCUT2D eigenvalue weighted by molar-refractivity contribution is 14.0. The number of aliphatic imine (C=N–C) groups is 1. The lowest BCUT2D eigenvalue weighted by atomic mass is 9.93. The molecule has 0 atom stereocenters. The van der Waals surface area contributed by atoms with Crippen LogP contribution in [-0.4, -0.2) is 58.2 Å². The van der Waals surface area contributed by atoms with E-state index in [1.165, 1.54) is 0 Å². The van der Waals surface area contributed by atoms with Gasteiger partial charge >= 0.3 is 0 Å². The number of amides is 1. The fourth-order valence-corrected chi connectivity index (χ4v) is 3.31. The third-order valence-electron chi connectivity index (χ3n) is 4.80. The number of hydrogen-bond acceptors (Lipinski definition) is 4. The molecule has 1 amide bonds. The Kier molecular flexibility index (Phi) is 10.3. The minimum absolute atomic E-state index is 0.